The first kappa shape index (κ1) is 19.1. The van der Waals surface area contributed by atoms with E-state index in [9.17, 15) is 0 Å². The van der Waals surface area contributed by atoms with Gasteiger partial charge in [-0.25, -0.2) is 0 Å². The van der Waals surface area contributed by atoms with E-state index in [0.717, 1.165) is 0 Å². The first-order chi connectivity index (χ1) is 10.9. The predicted octanol–water partition coefficient (Wildman–Crippen LogP) is 7.00. The molecule has 0 bridgehead atoms. The van der Waals surface area contributed by atoms with Gasteiger partial charge in [0, 0.05) is 0 Å². The third-order valence-electron chi connectivity index (χ3n) is 2.58. The molecule has 0 saturated heterocycles. The molecular formula is C14H8Cl6O3. The van der Waals surface area contributed by atoms with Gasteiger partial charge in [-0.3, -0.25) is 0 Å². The maximum Gasteiger partial charge on any atom is 0.192 e. The van der Waals surface area contributed by atoms with Crippen LogP contribution in [0.5, 0.6) is 11.5 Å². The molecule has 0 amide bonds. The van der Waals surface area contributed by atoms with E-state index in [0.29, 0.717) is 20.1 Å². The third-order valence-corrected chi connectivity index (χ3v) is 4.75. The Morgan fingerprint density at radius 3 is 1.30 bits per heavy atom. The van der Waals surface area contributed by atoms with E-state index in [4.69, 9.17) is 83.8 Å². The minimum absolute atomic E-state index is 0.171. The van der Waals surface area contributed by atoms with Gasteiger partial charge in [0.05, 0.1) is 20.1 Å². The zero-order valence-corrected chi connectivity index (χ0v) is 15.8. The second-order valence-electron chi connectivity index (χ2n) is 4.07. The lowest BCUT2D eigenvalue weighted by molar-refractivity contribution is -0.0535. The van der Waals surface area contributed by atoms with Crippen LogP contribution in [0.3, 0.4) is 0 Å². The minimum Gasteiger partial charge on any atom is -0.464 e. The standard InChI is InChI=1S/C14H8Cl6O3/c15-7-1-3-9(17)13(11(7)19)22-5-21-6-23-14-10(18)4-2-8(16)12(14)20/h1-4H,5-6H2. The SMILES string of the molecule is Clc1ccc(Cl)c(OCOCOc2c(Cl)ccc(Cl)c2Cl)c1Cl. The normalized spacial score (nSPS) is 10.7. The van der Waals surface area contributed by atoms with Gasteiger partial charge >= 0.3 is 0 Å². The van der Waals surface area contributed by atoms with Crippen molar-refractivity contribution in [2.45, 2.75) is 0 Å². The topological polar surface area (TPSA) is 27.7 Å². The lowest BCUT2D eigenvalue weighted by Crippen LogP contribution is -2.09. The van der Waals surface area contributed by atoms with Crippen LogP contribution >= 0.6 is 69.6 Å². The van der Waals surface area contributed by atoms with Crippen molar-refractivity contribution in [3.05, 3.63) is 54.4 Å². The van der Waals surface area contributed by atoms with Gasteiger partial charge in [-0.05, 0) is 24.3 Å². The molecule has 2 rings (SSSR count). The molecule has 3 nitrogen and oxygen atoms in total. The average Bonchev–Trinajstić information content (AvgIpc) is 2.53. The highest BCUT2D eigenvalue weighted by Crippen LogP contribution is 2.39. The van der Waals surface area contributed by atoms with Crippen LogP contribution in [0.4, 0.5) is 0 Å². The van der Waals surface area contributed by atoms with E-state index < -0.39 is 0 Å². The molecular weight excluding hydrogens is 429 g/mol. The Morgan fingerprint density at radius 1 is 0.565 bits per heavy atom. The van der Waals surface area contributed by atoms with Gasteiger partial charge in [0.2, 0.25) is 0 Å². The summed E-state index contributed by atoms with van der Waals surface area (Å²) in [5, 5.41) is 1.66. The Hall–Kier alpha value is -0.260. The van der Waals surface area contributed by atoms with Crippen LogP contribution in [0.1, 0.15) is 0 Å². The van der Waals surface area contributed by atoms with Crippen LogP contribution in [0, 0.1) is 0 Å². The summed E-state index contributed by atoms with van der Waals surface area (Å²) in [5.74, 6) is 0.444. The lowest BCUT2D eigenvalue weighted by Gasteiger charge is -2.13. The predicted molar refractivity (Wildman–Crippen MR) is 95.0 cm³/mol. The molecule has 0 spiro atoms. The number of ether oxygens (including phenoxy) is 3. The second kappa shape index (κ2) is 8.72. The van der Waals surface area contributed by atoms with Gasteiger partial charge in [-0.2, -0.15) is 0 Å². The van der Waals surface area contributed by atoms with Crippen LogP contribution in [0.2, 0.25) is 30.1 Å². The van der Waals surface area contributed by atoms with Gasteiger partial charge in [0.15, 0.2) is 25.1 Å². The van der Waals surface area contributed by atoms with Crippen LogP contribution in [0.25, 0.3) is 0 Å². The summed E-state index contributed by atoms with van der Waals surface area (Å²) in [4.78, 5) is 0. The minimum atomic E-state index is -0.171. The van der Waals surface area contributed by atoms with E-state index in [-0.39, 0.29) is 35.1 Å². The van der Waals surface area contributed by atoms with E-state index >= 15 is 0 Å². The monoisotopic (exact) mass is 434 g/mol. The number of rotatable bonds is 6. The zero-order valence-electron chi connectivity index (χ0n) is 11.2. The summed E-state index contributed by atoms with van der Waals surface area (Å²) in [6.45, 7) is -0.342. The molecule has 2 aromatic carbocycles. The quantitative estimate of drug-likeness (QED) is 0.277. The molecule has 0 radical (unpaired) electrons. The summed E-state index contributed by atoms with van der Waals surface area (Å²) in [6, 6.07) is 6.25. The van der Waals surface area contributed by atoms with Crippen molar-refractivity contribution >= 4 is 69.6 Å². The van der Waals surface area contributed by atoms with Crippen molar-refractivity contribution in [3.63, 3.8) is 0 Å². The maximum absolute atomic E-state index is 5.99. The Labute approximate surface area is 162 Å². The van der Waals surface area contributed by atoms with Crippen LogP contribution < -0.4 is 9.47 Å². The Balaban J connectivity index is 1.88. The average molecular weight is 437 g/mol. The molecule has 9 heteroatoms. The molecule has 0 aromatic heterocycles. The molecule has 0 heterocycles. The molecule has 0 unspecified atom stereocenters. The van der Waals surface area contributed by atoms with Crippen molar-refractivity contribution in [1.29, 1.82) is 0 Å². The molecule has 0 fully saturated rings. The molecule has 0 N–H and O–H groups in total. The summed E-state index contributed by atoms with van der Waals surface area (Å²) in [5.41, 5.74) is 0. The van der Waals surface area contributed by atoms with Crippen molar-refractivity contribution in [2.24, 2.45) is 0 Å². The summed E-state index contributed by atoms with van der Waals surface area (Å²) in [7, 11) is 0. The fraction of sp³-hybridized carbons (Fsp3) is 0.143. The van der Waals surface area contributed by atoms with Gasteiger partial charge < -0.3 is 14.2 Å². The zero-order chi connectivity index (χ0) is 17.0. The van der Waals surface area contributed by atoms with Crippen LogP contribution in [-0.2, 0) is 4.74 Å². The lowest BCUT2D eigenvalue weighted by atomic mass is 10.3. The molecule has 2 aromatic rings. The van der Waals surface area contributed by atoms with Crippen molar-refractivity contribution in [3.8, 4) is 11.5 Å². The first-order valence-electron chi connectivity index (χ1n) is 6.02. The van der Waals surface area contributed by atoms with Crippen LogP contribution in [0.15, 0.2) is 24.3 Å². The Kier molecular flexibility index (Phi) is 7.23. The van der Waals surface area contributed by atoms with Crippen molar-refractivity contribution in [1.82, 2.24) is 0 Å². The molecule has 0 atom stereocenters. The Morgan fingerprint density at radius 2 is 0.913 bits per heavy atom. The van der Waals surface area contributed by atoms with Crippen LogP contribution in [-0.4, -0.2) is 13.6 Å². The van der Waals surface area contributed by atoms with E-state index in [1.807, 2.05) is 0 Å². The third kappa shape index (κ3) is 4.86. The summed E-state index contributed by atoms with van der Waals surface area (Å²) in [6.07, 6.45) is 0. The fourth-order valence-corrected chi connectivity index (χ4v) is 2.77. The number of hydrogen-bond acceptors (Lipinski definition) is 3. The second-order valence-corrected chi connectivity index (χ2v) is 6.46. The maximum atomic E-state index is 5.99. The van der Waals surface area contributed by atoms with Crippen molar-refractivity contribution in [2.75, 3.05) is 13.6 Å². The highest BCUT2D eigenvalue weighted by molar-refractivity contribution is 6.45. The van der Waals surface area contributed by atoms with E-state index in [1.54, 1.807) is 24.3 Å². The highest BCUT2D eigenvalue weighted by atomic mass is 35.5. The van der Waals surface area contributed by atoms with Gasteiger partial charge in [0.25, 0.3) is 0 Å². The number of benzene rings is 2. The number of hydrogen-bond donors (Lipinski definition) is 0. The number of halogens is 6. The summed E-state index contributed by atoms with van der Waals surface area (Å²) >= 11 is 35.7. The molecule has 23 heavy (non-hydrogen) atoms. The van der Waals surface area contributed by atoms with E-state index in [1.165, 1.54) is 0 Å². The largest absolute Gasteiger partial charge is 0.464 e. The molecule has 0 saturated carbocycles. The van der Waals surface area contributed by atoms with Crippen molar-refractivity contribution < 1.29 is 14.2 Å². The highest BCUT2D eigenvalue weighted by Gasteiger charge is 2.12. The molecule has 0 aliphatic heterocycles. The molecule has 0 aliphatic carbocycles. The van der Waals surface area contributed by atoms with Gasteiger partial charge in [0.1, 0.15) is 10.0 Å². The first-order valence-corrected chi connectivity index (χ1v) is 8.29. The molecule has 0 aliphatic rings. The summed E-state index contributed by atoms with van der Waals surface area (Å²) < 4.78 is 15.8. The molecule has 124 valence electrons. The Bertz CT molecular complexity index is 648. The fourth-order valence-electron chi connectivity index (χ4n) is 1.52. The van der Waals surface area contributed by atoms with Gasteiger partial charge in [-0.1, -0.05) is 69.6 Å². The smallest absolute Gasteiger partial charge is 0.192 e. The van der Waals surface area contributed by atoms with Gasteiger partial charge in [-0.15, -0.1) is 0 Å². The van der Waals surface area contributed by atoms with E-state index in [2.05, 4.69) is 0 Å².